The summed E-state index contributed by atoms with van der Waals surface area (Å²) in [5.41, 5.74) is 0.955. The van der Waals surface area contributed by atoms with Crippen LogP contribution in [-0.4, -0.2) is 38.6 Å². The molecule has 0 atom stereocenters. The summed E-state index contributed by atoms with van der Waals surface area (Å²) in [5, 5.41) is 2.90. The quantitative estimate of drug-likeness (QED) is 0.823. The number of carbonyl (C=O) groups excluding carboxylic acids is 2. The second kappa shape index (κ2) is 4.97. The first-order valence-electron chi connectivity index (χ1n) is 6.18. The fourth-order valence-corrected chi connectivity index (χ4v) is 2.17. The monoisotopic (exact) mass is 275 g/mol. The number of nitrogens with one attached hydrogen (secondary N) is 1. The number of allylic oxidation sites excluding steroid dienone is 2. The Balaban J connectivity index is 1.92. The Morgan fingerprint density at radius 1 is 1.20 bits per heavy atom. The second-order valence-corrected chi connectivity index (χ2v) is 4.42. The molecule has 0 spiro atoms. The smallest absolute Gasteiger partial charge is 0.231 e. The van der Waals surface area contributed by atoms with Gasteiger partial charge in [0, 0.05) is 30.9 Å². The van der Waals surface area contributed by atoms with Crippen molar-refractivity contribution in [1.82, 2.24) is 5.32 Å². The third-order valence-corrected chi connectivity index (χ3v) is 3.16. The minimum absolute atomic E-state index is 0.104. The van der Waals surface area contributed by atoms with Crippen molar-refractivity contribution in [2.24, 2.45) is 0 Å². The number of fused-ring (bicyclic) bond motifs is 2. The molecule has 1 heterocycles. The van der Waals surface area contributed by atoms with E-state index in [0.29, 0.717) is 35.8 Å². The minimum atomic E-state index is -0.228. The molecule has 0 bridgehead atoms. The van der Waals surface area contributed by atoms with Crippen LogP contribution in [0.3, 0.4) is 0 Å². The number of carbonyl (C=O) groups is 2. The fraction of sp³-hybridized carbons (Fsp3) is 0.286. The van der Waals surface area contributed by atoms with E-state index in [0.717, 1.165) is 0 Å². The summed E-state index contributed by atoms with van der Waals surface area (Å²) in [4.78, 5) is 24.4. The largest absolute Gasteiger partial charge is 0.454 e. The van der Waals surface area contributed by atoms with Gasteiger partial charge in [-0.2, -0.15) is 0 Å². The summed E-state index contributed by atoms with van der Waals surface area (Å²) in [6.45, 7) is 1.01. The Morgan fingerprint density at radius 2 is 1.90 bits per heavy atom. The van der Waals surface area contributed by atoms with Gasteiger partial charge >= 0.3 is 0 Å². The average Bonchev–Trinajstić information content (AvgIpc) is 2.90. The van der Waals surface area contributed by atoms with Crippen molar-refractivity contribution in [3.63, 3.8) is 0 Å². The van der Waals surface area contributed by atoms with E-state index in [1.165, 1.54) is 6.08 Å². The zero-order valence-corrected chi connectivity index (χ0v) is 10.9. The molecule has 2 aliphatic rings. The van der Waals surface area contributed by atoms with Crippen LogP contribution in [0.1, 0.15) is 20.7 Å². The number of rotatable bonds is 4. The molecule has 20 heavy (non-hydrogen) atoms. The van der Waals surface area contributed by atoms with Crippen LogP contribution in [0.4, 0.5) is 0 Å². The summed E-state index contributed by atoms with van der Waals surface area (Å²) in [7, 11) is 1.57. The van der Waals surface area contributed by atoms with Gasteiger partial charge in [-0.25, -0.2) is 0 Å². The van der Waals surface area contributed by atoms with E-state index in [9.17, 15) is 9.59 Å². The molecule has 0 amide bonds. The Labute approximate surface area is 115 Å². The molecular formula is C14H13NO5. The van der Waals surface area contributed by atoms with Gasteiger partial charge in [-0.15, -0.1) is 0 Å². The van der Waals surface area contributed by atoms with Gasteiger partial charge in [0.25, 0.3) is 0 Å². The van der Waals surface area contributed by atoms with Gasteiger partial charge in [-0.05, 0) is 12.1 Å². The molecule has 3 rings (SSSR count). The molecule has 1 aliphatic carbocycles. The third kappa shape index (κ3) is 2.04. The standard InChI is InChI=1S/C14H13NO5/c1-18-3-2-15-10-6-11(16)8-4-12-13(20-7-19-12)5-9(8)14(10)17/h4-6,15H,2-3,7H2,1H3. The van der Waals surface area contributed by atoms with Gasteiger partial charge in [0.2, 0.25) is 12.6 Å². The normalized spacial score (nSPS) is 15.9. The van der Waals surface area contributed by atoms with Gasteiger partial charge in [0.1, 0.15) is 0 Å². The zero-order chi connectivity index (χ0) is 14.1. The zero-order valence-electron chi connectivity index (χ0n) is 10.9. The Morgan fingerprint density at radius 3 is 2.60 bits per heavy atom. The number of ether oxygens (including phenoxy) is 3. The molecule has 0 unspecified atom stereocenters. The van der Waals surface area contributed by atoms with Crippen LogP contribution in [-0.2, 0) is 4.74 Å². The maximum atomic E-state index is 12.3. The van der Waals surface area contributed by atoms with Crippen LogP contribution in [0.25, 0.3) is 0 Å². The van der Waals surface area contributed by atoms with Crippen molar-refractivity contribution in [3.05, 3.63) is 35.0 Å². The lowest BCUT2D eigenvalue weighted by Gasteiger charge is -2.16. The highest BCUT2D eigenvalue weighted by Gasteiger charge is 2.29. The summed E-state index contributed by atoms with van der Waals surface area (Å²) in [5.74, 6) is 0.531. The van der Waals surface area contributed by atoms with Gasteiger partial charge in [0.05, 0.1) is 12.3 Å². The van der Waals surface area contributed by atoms with Crippen molar-refractivity contribution in [3.8, 4) is 11.5 Å². The number of benzene rings is 1. The molecule has 104 valence electrons. The summed E-state index contributed by atoms with van der Waals surface area (Å²) < 4.78 is 15.4. The van der Waals surface area contributed by atoms with Crippen LogP contribution < -0.4 is 14.8 Å². The predicted octanol–water partition coefficient (Wildman–Crippen LogP) is 0.914. The fourth-order valence-electron chi connectivity index (χ4n) is 2.17. The van der Waals surface area contributed by atoms with Crippen molar-refractivity contribution >= 4 is 11.6 Å². The molecule has 1 N–H and O–H groups in total. The Hall–Kier alpha value is -2.34. The number of hydrogen-bond acceptors (Lipinski definition) is 6. The van der Waals surface area contributed by atoms with Crippen molar-refractivity contribution in [1.29, 1.82) is 0 Å². The SMILES string of the molecule is COCCNC1=CC(=O)c2cc3c(cc2C1=O)OCO3. The molecule has 6 nitrogen and oxygen atoms in total. The van der Waals surface area contributed by atoms with Gasteiger partial charge < -0.3 is 19.5 Å². The number of ketones is 2. The van der Waals surface area contributed by atoms with Gasteiger partial charge in [-0.3, -0.25) is 9.59 Å². The number of hydrogen-bond donors (Lipinski definition) is 1. The second-order valence-electron chi connectivity index (χ2n) is 4.42. The van der Waals surface area contributed by atoms with Crippen LogP contribution in [0.2, 0.25) is 0 Å². The lowest BCUT2D eigenvalue weighted by Crippen LogP contribution is -2.29. The van der Waals surface area contributed by atoms with E-state index >= 15 is 0 Å². The lowest BCUT2D eigenvalue weighted by atomic mass is 9.92. The van der Waals surface area contributed by atoms with Crippen molar-refractivity contribution in [2.75, 3.05) is 27.1 Å². The number of methoxy groups -OCH3 is 1. The molecule has 1 aliphatic heterocycles. The van der Waals surface area contributed by atoms with Crippen LogP contribution in [0.15, 0.2) is 23.9 Å². The van der Waals surface area contributed by atoms with E-state index < -0.39 is 0 Å². The van der Waals surface area contributed by atoms with E-state index in [-0.39, 0.29) is 24.1 Å². The van der Waals surface area contributed by atoms with Crippen LogP contribution >= 0.6 is 0 Å². The molecule has 0 aromatic heterocycles. The molecule has 1 aromatic rings. The van der Waals surface area contributed by atoms with E-state index in [2.05, 4.69) is 5.32 Å². The molecule has 1 aromatic carbocycles. The topological polar surface area (TPSA) is 73.9 Å². The van der Waals surface area contributed by atoms with Crippen LogP contribution in [0.5, 0.6) is 11.5 Å². The minimum Gasteiger partial charge on any atom is -0.454 e. The molecule has 6 heteroatoms. The summed E-state index contributed by atoms with van der Waals surface area (Å²) >= 11 is 0. The first-order chi connectivity index (χ1) is 9.70. The Bertz CT molecular complexity index is 620. The van der Waals surface area contributed by atoms with Gasteiger partial charge in [0.15, 0.2) is 17.3 Å². The first kappa shape index (κ1) is 12.7. The maximum absolute atomic E-state index is 12.3. The summed E-state index contributed by atoms with van der Waals surface area (Å²) in [6, 6.07) is 3.11. The van der Waals surface area contributed by atoms with Crippen molar-refractivity contribution < 1.29 is 23.8 Å². The first-order valence-corrected chi connectivity index (χ1v) is 6.18. The average molecular weight is 275 g/mol. The number of Topliss-reactive ketones (excluding diaryl/α,β-unsaturated/α-hetero) is 1. The van der Waals surface area contributed by atoms with E-state index in [1.54, 1.807) is 19.2 Å². The lowest BCUT2D eigenvalue weighted by molar-refractivity contribution is 0.0976. The van der Waals surface area contributed by atoms with E-state index in [1.807, 2.05) is 0 Å². The molecule has 0 saturated carbocycles. The van der Waals surface area contributed by atoms with Crippen molar-refractivity contribution in [2.45, 2.75) is 0 Å². The highest BCUT2D eigenvalue weighted by Crippen LogP contribution is 2.36. The predicted molar refractivity (Wildman–Crippen MR) is 69.2 cm³/mol. The van der Waals surface area contributed by atoms with E-state index in [4.69, 9.17) is 14.2 Å². The van der Waals surface area contributed by atoms with Crippen LogP contribution in [0, 0.1) is 0 Å². The maximum Gasteiger partial charge on any atom is 0.231 e. The van der Waals surface area contributed by atoms with Gasteiger partial charge in [-0.1, -0.05) is 0 Å². The summed E-state index contributed by atoms with van der Waals surface area (Å²) in [6.07, 6.45) is 1.31. The highest BCUT2D eigenvalue weighted by atomic mass is 16.7. The highest BCUT2D eigenvalue weighted by molar-refractivity contribution is 6.24. The molecule has 0 saturated heterocycles. The Kier molecular flexibility index (Phi) is 3.15. The third-order valence-electron chi connectivity index (χ3n) is 3.16. The molecule has 0 fully saturated rings. The molecular weight excluding hydrogens is 262 g/mol. The molecule has 0 radical (unpaired) electrons.